The van der Waals surface area contributed by atoms with Crippen LogP contribution in [0.15, 0.2) is 24.3 Å². The van der Waals surface area contributed by atoms with Crippen molar-refractivity contribution >= 4 is 11.9 Å². The van der Waals surface area contributed by atoms with Crippen LogP contribution in [0.4, 0.5) is 0 Å². The molecule has 0 heterocycles. The van der Waals surface area contributed by atoms with Crippen molar-refractivity contribution in [1.29, 1.82) is 0 Å². The van der Waals surface area contributed by atoms with Crippen LogP contribution in [0.2, 0.25) is 0 Å². The Morgan fingerprint density at radius 2 is 0.875 bits per heavy atom. The summed E-state index contributed by atoms with van der Waals surface area (Å²) in [6, 6.07) is 0. The fourth-order valence-corrected chi connectivity index (χ4v) is 2.49. The van der Waals surface area contributed by atoms with Gasteiger partial charge in [-0.3, -0.25) is 9.59 Å². The highest BCUT2D eigenvalue weighted by atomic mass is 16.4. The quantitative estimate of drug-likeness (QED) is 0.262. The first-order chi connectivity index (χ1) is 11.6. The van der Waals surface area contributed by atoms with Crippen LogP contribution in [-0.4, -0.2) is 22.2 Å². The van der Waals surface area contributed by atoms with Crippen molar-refractivity contribution in [2.24, 2.45) is 0 Å². The fraction of sp³-hybridized carbons (Fsp3) is 0.700. The molecule has 4 heteroatoms. The largest absolute Gasteiger partial charge is 0.481 e. The van der Waals surface area contributed by atoms with Gasteiger partial charge in [0.15, 0.2) is 0 Å². The molecule has 0 saturated carbocycles. The van der Waals surface area contributed by atoms with Crippen LogP contribution in [0.5, 0.6) is 0 Å². The lowest BCUT2D eigenvalue weighted by Crippen LogP contribution is -1.93. The molecule has 0 bridgehead atoms. The van der Waals surface area contributed by atoms with Gasteiger partial charge in [-0.05, 0) is 38.5 Å². The van der Waals surface area contributed by atoms with Crippen molar-refractivity contribution in [1.82, 2.24) is 0 Å². The second-order valence-corrected chi connectivity index (χ2v) is 6.26. The van der Waals surface area contributed by atoms with Gasteiger partial charge in [0.05, 0.1) is 0 Å². The lowest BCUT2D eigenvalue weighted by atomic mass is 10.1. The number of carboxylic acids is 2. The molecule has 0 radical (unpaired) electrons. The van der Waals surface area contributed by atoms with Gasteiger partial charge < -0.3 is 10.2 Å². The highest BCUT2D eigenvalue weighted by molar-refractivity contribution is 5.66. The minimum absolute atomic E-state index is 0.293. The van der Waals surface area contributed by atoms with Gasteiger partial charge in [0.2, 0.25) is 0 Å². The van der Waals surface area contributed by atoms with Gasteiger partial charge in [0.25, 0.3) is 0 Å². The molecule has 4 nitrogen and oxygen atoms in total. The van der Waals surface area contributed by atoms with Crippen molar-refractivity contribution in [3.05, 3.63) is 24.3 Å². The molecule has 0 saturated heterocycles. The second-order valence-electron chi connectivity index (χ2n) is 6.26. The van der Waals surface area contributed by atoms with E-state index in [0.717, 1.165) is 57.8 Å². The summed E-state index contributed by atoms with van der Waals surface area (Å²) in [5, 5.41) is 17.0. The van der Waals surface area contributed by atoms with Gasteiger partial charge in [-0.1, -0.05) is 62.8 Å². The molecule has 0 aliphatic rings. The zero-order valence-electron chi connectivity index (χ0n) is 14.9. The maximum atomic E-state index is 10.3. The van der Waals surface area contributed by atoms with Crippen molar-refractivity contribution in [2.45, 2.75) is 89.9 Å². The second kappa shape index (κ2) is 17.8. The third-order valence-electron chi connectivity index (χ3n) is 3.91. The highest BCUT2D eigenvalue weighted by Gasteiger charge is 1.96. The molecule has 0 spiro atoms. The molecule has 24 heavy (non-hydrogen) atoms. The molecular weight excluding hydrogens is 304 g/mol. The van der Waals surface area contributed by atoms with Crippen molar-refractivity contribution in [2.75, 3.05) is 0 Å². The van der Waals surface area contributed by atoms with Crippen LogP contribution in [-0.2, 0) is 9.59 Å². The van der Waals surface area contributed by atoms with Crippen LogP contribution in [0.25, 0.3) is 0 Å². The summed E-state index contributed by atoms with van der Waals surface area (Å²) < 4.78 is 0. The van der Waals surface area contributed by atoms with E-state index in [1.54, 1.807) is 0 Å². The van der Waals surface area contributed by atoms with Crippen LogP contribution in [0, 0.1) is 0 Å². The number of allylic oxidation sites excluding steroid dienone is 4. The van der Waals surface area contributed by atoms with Gasteiger partial charge in [-0.2, -0.15) is 0 Å². The minimum Gasteiger partial charge on any atom is -0.481 e. The summed E-state index contributed by atoms with van der Waals surface area (Å²) in [4.78, 5) is 20.7. The van der Waals surface area contributed by atoms with Gasteiger partial charge in [-0.25, -0.2) is 0 Å². The van der Waals surface area contributed by atoms with E-state index in [-0.39, 0.29) is 0 Å². The van der Waals surface area contributed by atoms with E-state index in [4.69, 9.17) is 10.2 Å². The fourth-order valence-electron chi connectivity index (χ4n) is 2.49. The number of hydrogen-bond donors (Lipinski definition) is 2. The molecular formula is C20H34O4. The third kappa shape index (κ3) is 20.4. The van der Waals surface area contributed by atoms with E-state index in [1.165, 1.54) is 19.3 Å². The average molecular weight is 338 g/mol. The maximum absolute atomic E-state index is 10.3. The average Bonchev–Trinajstić information content (AvgIpc) is 2.53. The molecule has 0 unspecified atom stereocenters. The first kappa shape index (κ1) is 22.4. The minimum atomic E-state index is -0.696. The van der Waals surface area contributed by atoms with Crippen molar-refractivity contribution in [3.63, 3.8) is 0 Å². The van der Waals surface area contributed by atoms with Crippen molar-refractivity contribution < 1.29 is 19.8 Å². The SMILES string of the molecule is O=C(O)CCCCCC/C=C/C=C/CCCCCCCCC(=O)O. The molecule has 138 valence electrons. The Labute approximate surface area is 146 Å². The number of carbonyl (C=O) groups is 2. The van der Waals surface area contributed by atoms with Crippen LogP contribution < -0.4 is 0 Å². The Bertz CT molecular complexity index is 372. The predicted octanol–water partition coefficient (Wildman–Crippen LogP) is 5.73. The lowest BCUT2D eigenvalue weighted by Gasteiger charge is -1.99. The molecule has 0 aliphatic heterocycles. The summed E-state index contributed by atoms with van der Waals surface area (Å²) in [5.74, 6) is -1.38. The number of hydrogen-bond acceptors (Lipinski definition) is 2. The maximum Gasteiger partial charge on any atom is 0.303 e. The number of rotatable bonds is 17. The van der Waals surface area contributed by atoms with Crippen LogP contribution in [0.1, 0.15) is 89.9 Å². The summed E-state index contributed by atoms with van der Waals surface area (Å²) in [6.07, 6.45) is 22.0. The van der Waals surface area contributed by atoms with E-state index < -0.39 is 11.9 Å². The normalized spacial score (nSPS) is 11.5. The Hall–Kier alpha value is -1.58. The van der Waals surface area contributed by atoms with E-state index in [0.29, 0.717) is 12.8 Å². The first-order valence-electron chi connectivity index (χ1n) is 9.38. The standard InChI is InChI=1S/C20H34O4/c21-19(22)17-15-13-11-9-7-5-3-1-2-4-6-8-10-12-14-16-18-20(23)24/h1-3,5H,4,6-18H2,(H,21,22)(H,23,24)/b2-1+,5-3+. The monoisotopic (exact) mass is 338 g/mol. The summed E-state index contributed by atoms with van der Waals surface area (Å²) in [5.41, 5.74) is 0. The van der Waals surface area contributed by atoms with Gasteiger partial charge in [0.1, 0.15) is 0 Å². The molecule has 0 amide bonds. The lowest BCUT2D eigenvalue weighted by molar-refractivity contribution is -0.138. The number of carboxylic acid groups (broad SMARTS) is 2. The highest BCUT2D eigenvalue weighted by Crippen LogP contribution is 2.09. The van der Waals surface area contributed by atoms with Crippen molar-refractivity contribution in [3.8, 4) is 0 Å². The zero-order chi connectivity index (χ0) is 17.9. The topological polar surface area (TPSA) is 74.6 Å². The summed E-state index contributed by atoms with van der Waals surface area (Å²) >= 11 is 0. The third-order valence-corrected chi connectivity index (χ3v) is 3.91. The summed E-state index contributed by atoms with van der Waals surface area (Å²) in [6.45, 7) is 0. The number of aliphatic carboxylic acids is 2. The molecule has 0 aliphatic carbocycles. The van der Waals surface area contributed by atoms with Gasteiger partial charge >= 0.3 is 11.9 Å². The molecule has 0 fully saturated rings. The smallest absolute Gasteiger partial charge is 0.303 e. The Morgan fingerprint density at radius 3 is 1.25 bits per heavy atom. The van der Waals surface area contributed by atoms with Gasteiger partial charge in [0, 0.05) is 12.8 Å². The van der Waals surface area contributed by atoms with E-state index in [2.05, 4.69) is 24.3 Å². The van der Waals surface area contributed by atoms with Crippen LogP contribution in [0.3, 0.4) is 0 Å². The first-order valence-corrected chi connectivity index (χ1v) is 9.38. The Morgan fingerprint density at radius 1 is 0.542 bits per heavy atom. The molecule has 0 aromatic rings. The Kier molecular flexibility index (Phi) is 16.6. The predicted molar refractivity (Wildman–Crippen MR) is 98.2 cm³/mol. The van der Waals surface area contributed by atoms with Crippen LogP contribution >= 0.6 is 0 Å². The summed E-state index contributed by atoms with van der Waals surface area (Å²) in [7, 11) is 0. The number of unbranched alkanes of at least 4 members (excludes halogenated alkanes) is 10. The van der Waals surface area contributed by atoms with E-state index >= 15 is 0 Å². The van der Waals surface area contributed by atoms with E-state index in [1.807, 2.05) is 0 Å². The van der Waals surface area contributed by atoms with E-state index in [9.17, 15) is 9.59 Å². The molecule has 0 aromatic heterocycles. The Balaban J connectivity index is 3.22. The van der Waals surface area contributed by atoms with Gasteiger partial charge in [-0.15, -0.1) is 0 Å². The molecule has 0 aromatic carbocycles. The molecule has 0 rings (SSSR count). The molecule has 2 N–H and O–H groups in total. The molecule has 0 atom stereocenters. The zero-order valence-corrected chi connectivity index (χ0v) is 14.9.